The van der Waals surface area contributed by atoms with Gasteiger partial charge in [-0.05, 0) is 54.9 Å². The molecule has 1 aliphatic heterocycles. The highest BCUT2D eigenvalue weighted by atomic mass is 19.1. The van der Waals surface area contributed by atoms with Crippen LogP contribution in [0.3, 0.4) is 0 Å². The molecule has 1 amide bonds. The molecule has 0 unspecified atom stereocenters. The van der Waals surface area contributed by atoms with Crippen LogP contribution in [0, 0.1) is 23.4 Å². The first kappa shape index (κ1) is 24.3. The fraction of sp³-hybridized carbons (Fsp3) is 0.385. The summed E-state index contributed by atoms with van der Waals surface area (Å²) in [5.41, 5.74) is 0.624. The molecule has 0 saturated heterocycles. The number of hydrogen-bond acceptors (Lipinski definition) is 5. The van der Waals surface area contributed by atoms with Crippen molar-refractivity contribution >= 4 is 22.5 Å². The summed E-state index contributed by atoms with van der Waals surface area (Å²) in [6.45, 7) is 0.0652. The number of aromatic nitrogens is 2. The maximum absolute atomic E-state index is 15.1. The number of aromatic amines is 1. The van der Waals surface area contributed by atoms with Crippen LogP contribution in [-0.4, -0.2) is 63.4 Å². The Kier molecular flexibility index (Phi) is 6.72. The fourth-order valence-corrected chi connectivity index (χ4v) is 4.97. The Morgan fingerprint density at radius 1 is 1.11 bits per heavy atom. The molecule has 2 atom stereocenters. The number of halogens is 3. The average Bonchev–Trinajstić information content (AvgIpc) is 3.49. The maximum Gasteiger partial charge on any atom is 0.248 e. The van der Waals surface area contributed by atoms with E-state index < -0.39 is 41.2 Å². The third kappa shape index (κ3) is 4.70. The fourth-order valence-electron chi connectivity index (χ4n) is 4.97. The summed E-state index contributed by atoms with van der Waals surface area (Å²) >= 11 is 0. The minimum Gasteiger partial charge on any atom is -0.476 e. The average molecular weight is 502 g/mol. The Bertz CT molecular complexity index is 1320. The zero-order valence-electron chi connectivity index (χ0n) is 19.4. The molecule has 1 aromatic carbocycles. The molecule has 2 aliphatic rings. The summed E-state index contributed by atoms with van der Waals surface area (Å²) in [7, 11) is 0. The van der Waals surface area contributed by atoms with Crippen LogP contribution in [0.1, 0.15) is 31.2 Å². The van der Waals surface area contributed by atoms with Crippen LogP contribution in [0.5, 0.6) is 5.88 Å². The number of amides is 1. The first-order valence-electron chi connectivity index (χ1n) is 11.9. The van der Waals surface area contributed by atoms with Gasteiger partial charge in [-0.25, -0.2) is 18.2 Å². The minimum absolute atomic E-state index is 0.0788. The molecule has 0 bridgehead atoms. The molecule has 0 spiro atoms. The van der Waals surface area contributed by atoms with Gasteiger partial charge in [-0.2, -0.15) is 0 Å². The van der Waals surface area contributed by atoms with E-state index >= 15 is 8.78 Å². The van der Waals surface area contributed by atoms with Gasteiger partial charge in [0.15, 0.2) is 11.7 Å². The molecule has 3 aromatic rings. The SMILES string of the molecule is O=C(CO)N1CC=C(c2cc(F)c(-c3nc4cc(O[C@@H]5CC[C@H](CO)C5)[nH]c4cc3F)c(F)c2)CC1. The standard InChI is InChI=1S/C26H26F3N3O4/c27-18-8-16(15-3-5-32(6-4-15)24(35)13-34)9-19(28)25(18)26-20(29)10-21-22(31-26)11-23(30-21)36-17-2-1-14(7-17)12-33/h3,8-11,14,17,30,33-34H,1-2,4-7,12-13H2/t14-,17+/m0/s1. The number of rotatable bonds is 6. The van der Waals surface area contributed by atoms with Crippen LogP contribution in [0.2, 0.25) is 0 Å². The number of aliphatic hydroxyl groups excluding tert-OH is 2. The first-order chi connectivity index (χ1) is 17.4. The van der Waals surface area contributed by atoms with E-state index in [4.69, 9.17) is 9.84 Å². The number of benzene rings is 1. The smallest absolute Gasteiger partial charge is 0.248 e. The molecule has 10 heteroatoms. The maximum atomic E-state index is 15.1. The van der Waals surface area contributed by atoms with Gasteiger partial charge < -0.3 is 24.8 Å². The molecule has 7 nitrogen and oxygen atoms in total. The molecule has 36 heavy (non-hydrogen) atoms. The van der Waals surface area contributed by atoms with Crippen LogP contribution >= 0.6 is 0 Å². The van der Waals surface area contributed by atoms with E-state index in [0.717, 1.165) is 31.0 Å². The second kappa shape index (κ2) is 9.94. The van der Waals surface area contributed by atoms with Crippen molar-refractivity contribution in [2.24, 2.45) is 5.92 Å². The lowest BCUT2D eigenvalue weighted by Gasteiger charge is -2.26. The largest absolute Gasteiger partial charge is 0.476 e. The molecule has 190 valence electrons. The van der Waals surface area contributed by atoms with Crippen molar-refractivity contribution in [3.8, 4) is 17.1 Å². The molecular weight excluding hydrogens is 475 g/mol. The number of ether oxygens (including phenoxy) is 1. The van der Waals surface area contributed by atoms with Gasteiger partial charge in [-0.15, -0.1) is 0 Å². The first-order valence-corrected chi connectivity index (χ1v) is 11.9. The van der Waals surface area contributed by atoms with Gasteiger partial charge in [-0.1, -0.05) is 6.08 Å². The Balaban J connectivity index is 1.41. The Hall–Kier alpha value is -3.37. The summed E-state index contributed by atoms with van der Waals surface area (Å²) < 4.78 is 51.1. The van der Waals surface area contributed by atoms with Crippen molar-refractivity contribution in [1.82, 2.24) is 14.9 Å². The lowest BCUT2D eigenvalue weighted by Crippen LogP contribution is -2.36. The van der Waals surface area contributed by atoms with Crippen LogP contribution in [0.15, 0.2) is 30.3 Å². The number of aliphatic hydroxyl groups is 2. The zero-order chi connectivity index (χ0) is 25.4. The number of pyridine rings is 1. The van der Waals surface area contributed by atoms with E-state index in [9.17, 15) is 14.3 Å². The van der Waals surface area contributed by atoms with E-state index in [-0.39, 0.29) is 25.2 Å². The number of H-pyrrole nitrogens is 1. The Morgan fingerprint density at radius 3 is 2.53 bits per heavy atom. The van der Waals surface area contributed by atoms with Crippen molar-refractivity contribution in [3.63, 3.8) is 0 Å². The van der Waals surface area contributed by atoms with E-state index in [1.165, 1.54) is 4.90 Å². The molecule has 0 radical (unpaired) electrons. The second-order valence-electron chi connectivity index (χ2n) is 9.28. The van der Waals surface area contributed by atoms with E-state index in [2.05, 4.69) is 9.97 Å². The van der Waals surface area contributed by atoms with Crippen LogP contribution in [0.25, 0.3) is 27.9 Å². The van der Waals surface area contributed by atoms with Gasteiger partial charge in [0.05, 0.1) is 16.6 Å². The van der Waals surface area contributed by atoms with Crippen molar-refractivity contribution < 1.29 is 32.9 Å². The molecular formula is C26H26F3N3O4. The summed E-state index contributed by atoms with van der Waals surface area (Å²) in [5.74, 6) is -2.60. The number of nitrogens with one attached hydrogen (secondary N) is 1. The predicted octanol–water partition coefficient (Wildman–Crippen LogP) is 3.80. The summed E-state index contributed by atoms with van der Waals surface area (Å²) in [4.78, 5) is 20.2. The number of hydrogen-bond donors (Lipinski definition) is 3. The monoisotopic (exact) mass is 501 g/mol. The van der Waals surface area contributed by atoms with Gasteiger partial charge >= 0.3 is 0 Å². The predicted molar refractivity (Wildman–Crippen MR) is 127 cm³/mol. The van der Waals surface area contributed by atoms with E-state index in [1.54, 1.807) is 12.1 Å². The van der Waals surface area contributed by atoms with Gasteiger partial charge in [0.2, 0.25) is 5.91 Å². The lowest BCUT2D eigenvalue weighted by molar-refractivity contribution is -0.133. The van der Waals surface area contributed by atoms with Crippen molar-refractivity contribution in [2.45, 2.75) is 31.8 Å². The molecule has 3 heterocycles. The highest BCUT2D eigenvalue weighted by Crippen LogP contribution is 2.34. The third-order valence-electron chi connectivity index (χ3n) is 6.92. The summed E-state index contributed by atoms with van der Waals surface area (Å²) in [5, 5.41) is 18.3. The number of carbonyl (C=O) groups is 1. The minimum atomic E-state index is -0.946. The number of fused-ring (bicyclic) bond motifs is 1. The van der Waals surface area contributed by atoms with Crippen LogP contribution in [-0.2, 0) is 4.79 Å². The Labute approximate surface area is 205 Å². The molecule has 5 rings (SSSR count). The van der Waals surface area contributed by atoms with Crippen LogP contribution in [0.4, 0.5) is 13.2 Å². The van der Waals surface area contributed by atoms with Crippen molar-refractivity contribution in [3.05, 3.63) is 53.4 Å². The van der Waals surface area contributed by atoms with Crippen molar-refractivity contribution in [2.75, 3.05) is 26.3 Å². The number of carbonyl (C=O) groups excluding carboxylic acids is 1. The summed E-state index contributed by atoms with van der Waals surface area (Å²) in [6, 6.07) is 4.99. The molecule has 1 fully saturated rings. The molecule has 3 N–H and O–H groups in total. The molecule has 1 saturated carbocycles. The topological polar surface area (TPSA) is 98.7 Å². The van der Waals surface area contributed by atoms with Gasteiger partial charge in [0, 0.05) is 31.8 Å². The van der Waals surface area contributed by atoms with E-state index in [1.807, 2.05) is 0 Å². The molecule has 2 aromatic heterocycles. The number of nitrogens with zero attached hydrogens (tertiary/aromatic N) is 2. The lowest BCUT2D eigenvalue weighted by atomic mass is 9.96. The normalized spacial score (nSPS) is 20.1. The van der Waals surface area contributed by atoms with Crippen molar-refractivity contribution in [1.29, 1.82) is 0 Å². The second-order valence-corrected chi connectivity index (χ2v) is 9.28. The van der Waals surface area contributed by atoms with E-state index in [0.29, 0.717) is 47.4 Å². The van der Waals surface area contributed by atoms with Gasteiger partial charge in [0.1, 0.15) is 30.0 Å². The quantitative estimate of drug-likeness (QED) is 0.478. The van der Waals surface area contributed by atoms with Gasteiger partial charge in [0.25, 0.3) is 0 Å². The Morgan fingerprint density at radius 2 is 1.89 bits per heavy atom. The zero-order valence-corrected chi connectivity index (χ0v) is 19.4. The third-order valence-corrected chi connectivity index (χ3v) is 6.92. The highest BCUT2D eigenvalue weighted by Gasteiger charge is 2.27. The summed E-state index contributed by atoms with van der Waals surface area (Å²) in [6.07, 6.45) is 4.35. The highest BCUT2D eigenvalue weighted by molar-refractivity contribution is 5.82. The van der Waals surface area contributed by atoms with Crippen LogP contribution < -0.4 is 4.74 Å². The molecule has 1 aliphatic carbocycles. The van der Waals surface area contributed by atoms with Gasteiger partial charge in [-0.3, -0.25) is 4.79 Å².